The topological polar surface area (TPSA) is 69.4 Å². The summed E-state index contributed by atoms with van der Waals surface area (Å²) in [6.45, 7) is 2.22. The summed E-state index contributed by atoms with van der Waals surface area (Å²) < 4.78 is 5.50. The third kappa shape index (κ3) is 3.57. The molecule has 2 rings (SSSR count). The molecule has 100 valence electrons. The molecule has 0 aliphatic carbocycles. The molecule has 1 heterocycles. The van der Waals surface area contributed by atoms with Crippen molar-refractivity contribution in [2.75, 3.05) is 12.4 Å². The zero-order chi connectivity index (χ0) is 13.8. The molecule has 0 aromatic heterocycles. The van der Waals surface area contributed by atoms with E-state index in [1.54, 1.807) is 30.0 Å². The lowest BCUT2D eigenvalue weighted by Gasteiger charge is -2.17. The number of ketones is 1. The summed E-state index contributed by atoms with van der Waals surface area (Å²) >= 11 is 1.61. The van der Waals surface area contributed by atoms with Gasteiger partial charge in [0, 0.05) is 28.7 Å². The lowest BCUT2D eigenvalue weighted by Crippen LogP contribution is -2.17. The van der Waals surface area contributed by atoms with E-state index < -0.39 is 4.92 Å². The van der Waals surface area contributed by atoms with Gasteiger partial charge < -0.3 is 4.74 Å². The first-order valence-electron chi connectivity index (χ1n) is 5.81. The van der Waals surface area contributed by atoms with Crippen molar-refractivity contribution in [2.45, 2.75) is 6.92 Å². The quantitative estimate of drug-likeness (QED) is 0.626. The normalized spacial score (nSPS) is 18.9. The van der Waals surface area contributed by atoms with Crippen LogP contribution in [0.25, 0.3) is 0 Å². The van der Waals surface area contributed by atoms with Gasteiger partial charge in [0.1, 0.15) is 12.4 Å². The van der Waals surface area contributed by atoms with Gasteiger partial charge in [-0.25, -0.2) is 0 Å². The Kier molecular flexibility index (Phi) is 4.21. The van der Waals surface area contributed by atoms with Crippen molar-refractivity contribution in [3.05, 3.63) is 45.4 Å². The Morgan fingerprint density at radius 3 is 2.68 bits per heavy atom. The summed E-state index contributed by atoms with van der Waals surface area (Å²) in [6.07, 6.45) is 1.62. The molecule has 1 aliphatic heterocycles. The minimum absolute atomic E-state index is 0.0302. The number of thioether (sulfide) groups is 1. The summed E-state index contributed by atoms with van der Waals surface area (Å²) in [7, 11) is 0. The number of nitro benzene ring substituents is 1. The van der Waals surface area contributed by atoms with Crippen LogP contribution in [0.2, 0.25) is 0 Å². The van der Waals surface area contributed by atoms with Gasteiger partial charge in [-0.05, 0) is 18.2 Å². The highest BCUT2D eigenvalue weighted by atomic mass is 32.2. The maximum atomic E-state index is 11.5. The van der Waals surface area contributed by atoms with Crippen molar-refractivity contribution in [2.24, 2.45) is 5.92 Å². The van der Waals surface area contributed by atoms with Crippen molar-refractivity contribution >= 4 is 23.2 Å². The molecule has 0 spiro atoms. The van der Waals surface area contributed by atoms with Gasteiger partial charge in [0.2, 0.25) is 0 Å². The molecule has 5 nitrogen and oxygen atoms in total. The molecule has 19 heavy (non-hydrogen) atoms. The number of allylic oxidation sites excluding steroid dienone is 1. The van der Waals surface area contributed by atoms with Gasteiger partial charge in [-0.1, -0.05) is 6.92 Å². The predicted molar refractivity (Wildman–Crippen MR) is 73.3 cm³/mol. The van der Waals surface area contributed by atoms with Crippen molar-refractivity contribution in [1.82, 2.24) is 0 Å². The lowest BCUT2D eigenvalue weighted by atomic mass is 10.1. The number of nitro groups is 1. The van der Waals surface area contributed by atoms with Crippen molar-refractivity contribution < 1.29 is 14.5 Å². The van der Waals surface area contributed by atoms with Crippen LogP contribution in [0.1, 0.15) is 6.92 Å². The molecule has 1 aromatic carbocycles. The SMILES string of the molecule is CC1CSC(COc2ccc([N+](=O)[O-])cc2)=CC1=O. The van der Waals surface area contributed by atoms with Crippen LogP contribution in [0.5, 0.6) is 5.75 Å². The molecule has 1 aromatic rings. The Hall–Kier alpha value is -1.82. The molecule has 0 fully saturated rings. The molecule has 1 unspecified atom stereocenters. The predicted octanol–water partition coefficient (Wildman–Crippen LogP) is 2.81. The maximum absolute atomic E-state index is 11.5. The third-order valence-corrected chi connectivity index (χ3v) is 4.01. The van der Waals surface area contributed by atoms with E-state index in [0.29, 0.717) is 12.4 Å². The van der Waals surface area contributed by atoms with Gasteiger partial charge in [0.05, 0.1) is 4.92 Å². The van der Waals surface area contributed by atoms with Crippen LogP contribution in [0.15, 0.2) is 35.2 Å². The number of ether oxygens (including phenoxy) is 1. The molecular formula is C13H13NO4S. The largest absolute Gasteiger partial charge is 0.488 e. The zero-order valence-electron chi connectivity index (χ0n) is 10.4. The molecule has 0 N–H and O–H groups in total. The van der Waals surface area contributed by atoms with Gasteiger partial charge in [0.15, 0.2) is 5.78 Å². The van der Waals surface area contributed by atoms with Crippen molar-refractivity contribution in [1.29, 1.82) is 0 Å². The van der Waals surface area contributed by atoms with E-state index >= 15 is 0 Å². The van der Waals surface area contributed by atoms with E-state index in [2.05, 4.69) is 0 Å². The Morgan fingerprint density at radius 1 is 1.42 bits per heavy atom. The summed E-state index contributed by atoms with van der Waals surface area (Å²) in [5.74, 6) is 1.52. The Labute approximate surface area is 114 Å². The second-order valence-corrected chi connectivity index (χ2v) is 5.41. The van der Waals surface area contributed by atoms with Gasteiger partial charge in [0.25, 0.3) is 5.69 Å². The summed E-state index contributed by atoms with van der Waals surface area (Å²) in [4.78, 5) is 22.4. The van der Waals surface area contributed by atoms with Crippen LogP contribution in [-0.4, -0.2) is 23.1 Å². The number of hydrogen-bond donors (Lipinski definition) is 0. The molecule has 0 bridgehead atoms. The number of carbonyl (C=O) groups excluding carboxylic acids is 1. The minimum atomic E-state index is -0.455. The second-order valence-electron chi connectivity index (χ2n) is 4.26. The number of rotatable bonds is 4. The first-order chi connectivity index (χ1) is 9.06. The third-order valence-electron chi connectivity index (χ3n) is 2.74. The molecule has 1 aliphatic rings. The fourth-order valence-corrected chi connectivity index (χ4v) is 2.53. The monoisotopic (exact) mass is 279 g/mol. The van der Waals surface area contributed by atoms with Crippen LogP contribution >= 0.6 is 11.8 Å². The highest BCUT2D eigenvalue weighted by Crippen LogP contribution is 2.26. The summed E-state index contributed by atoms with van der Waals surface area (Å²) in [6, 6.07) is 5.89. The van der Waals surface area contributed by atoms with E-state index in [9.17, 15) is 14.9 Å². The molecule has 0 saturated heterocycles. The average molecular weight is 279 g/mol. The minimum Gasteiger partial charge on any atom is -0.488 e. The van der Waals surface area contributed by atoms with Gasteiger partial charge >= 0.3 is 0 Å². The number of nitrogens with zero attached hydrogens (tertiary/aromatic N) is 1. The van der Waals surface area contributed by atoms with Gasteiger partial charge in [-0.3, -0.25) is 14.9 Å². The first kappa shape index (κ1) is 13.6. The maximum Gasteiger partial charge on any atom is 0.269 e. The van der Waals surface area contributed by atoms with Crippen LogP contribution in [0.3, 0.4) is 0 Å². The van der Waals surface area contributed by atoms with Crippen LogP contribution in [0.4, 0.5) is 5.69 Å². The van der Waals surface area contributed by atoms with Crippen LogP contribution < -0.4 is 4.74 Å². The van der Waals surface area contributed by atoms with E-state index in [1.807, 2.05) is 6.92 Å². The summed E-state index contributed by atoms with van der Waals surface area (Å²) in [5, 5.41) is 10.5. The van der Waals surface area contributed by atoms with Gasteiger partial charge in [-0.15, -0.1) is 11.8 Å². The molecule has 0 radical (unpaired) electrons. The van der Waals surface area contributed by atoms with Crippen LogP contribution in [0, 0.1) is 16.0 Å². The van der Waals surface area contributed by atoms with E-state index in [-0.39, 0.29) is 17.4 Å². The molecule has 0 amide bonds. The highest BCUT2D eigenvalue weighted by Gasteiger charge is 2.18. The lowest BCUT2D eigenvalue weighted by molar-refractivity contribution is -0.384. The zero-order valence-corrected chi connectivity index (χ0v) is 11.2. The van der Waals surface area contributed by atoms with Crippen LogP contribution in [-0.2, 0) is 4.79 Å². The van der Waals surface area contributed by atoms with E-state index in [4.69, 9.17) is 4.74 Å². The van der Waals surface area contributed by atoms with Crippen molar-refractivity contribution in [3.8, 4) is 5.75 Å². The molecule has 1 atom stereocenters. The number of hydrogen-bond acceptors (Lipinski definition) is 5. The smallest absolute Gasteiger partial charge is 0.269 e. The molecule has 6 heteroatoms. The fraction of sp³-hybridized carbons (Fsp3) is 0.308. The standard InChI is InChI=1S/C13H13NO4S/c1-9-8-19-12(6-13(9)15)7-18-11-4-2-10(3-5-11)14(16)17/h2-6,9H,7-8H2,1H3. The molecular weight excluding hydrogens is 266 g/mol. The Morgan fingerprint density at radius 2 is 2.11 bits per heavy atom. The Balaban J connectivity index is 1.94. The Bertz CT molecular complexity index is 524. The number of non-ortho nitro benzene ring substituents is 1. The van der Waals surface area contributed by atoms with E-state index in [0.717, 1.165) is 10.7 Å². The second kappa shape index (κ2) is 5.88. The number of carbonyl (C=O) groups is 1. The fourth-order valence-electron chi connectivity index (χ4n) is 1.56. The van der Waals surface area contributed by atoms with Crippen molar-refractivity contribution in [3.63, 3.8) is 0 Å². The first-order valence-corrected chi connectivity index (χ1v) is 6.79. The highest BCUT2D eigenvalue weighted by molar-refractivity contribution is 8.03. The summed E-state index contributed by atoms with van der Waals surface area (Å²) in [5.41, 5.74) is 0.0302. The van der Waals surface area contributed by atoms with Gasteiger partial charge in [-0.2, -0.15) is 0 Å². The number of benzene rings is 1. The average Bonchev–Trinajstić information content (AvgIpc) is 2.40. The van der Waals surface area contributed by atoms with E-state index in [1.165, 1.54) is 12.1 Å². The molecule has 0 saturated carbocycles.